The van der Waals surface area contributed by atoms with Crippen molar-refractivity contribution in [1.82, 2.24) is 10.3 Å². The van der Waals surface area contributed by atoms with E-state index in [-0.39, 0.29) is 0 Å². The predicted molar refractivity (Wildman–Crippen MR) is 108 cm³/mol. The third kappa shape index (κ3) is 3.36. The van der Waals surface area contributed by atoms with Gasteiger partial charge in [0.05, 0.1) is 7.11 Å². The van der Waals surface area contributed by atoms with Crippen LogP contribution in [-0.2, 0) is 12.8 Å². The smallest absolute Gasteiger partial charge is 0.118 e. The Morgan fingerprint density at radius 3 is 2.77 bits per heavy atom. The number of rotatable bonds is 5. The molecule has 0 amide bonds. The van der Waals surface area contributed by atoms with E-state index in [0.717, 1.165) is 12.2 Å². The monoisotopic (exact) mass is 348 g/mol. The van der Waals surface area contributed by atoms with Crippen LogP contribution in [0, 0.1) is 6.92 Å². The molecule has 0 aliphatic heterocycles. The number of aromatic nitrogens is 1. The normalized spacial score (nSPS) is 17.9. The highest BCUT2D eigenvalue weighted by Crippen LogP contribution is 2.35. The van der Waals surface area contributed by atoms with Crippen LogP contribution in [0.15, 0.2) is 42.5 Å². The Balaban J connectivity index is 1.51. The molecule has 0 bridgehead atoms. The van der Waals surface area contributed by atoms with Crippen molar-refractivity contribution in [3.63, 3.8) is 0 Å². The number of aromatic amines is 1. The van der Waals surface area contributed by atoms with Crippen LogP contribution in [0.25, 0.3) is 10.9 Å². The molecule has 2 unspecified atom stereocenters. The van der Waals surface area contributed by atoms with Crippen LogP contribution in [0.2, 0.25) is 0 Å². The van der Waals surface area contributed by atoms with E-state index < -0.39 is 0 Å². The van der Waals surface area contributed by atoms with E-state index in [0.29, 0.717) is 12.1 Å². The first-order valence-corrected chi connectivity index (χ1v) is 9.64. The molecule has 0 fully saturated rings. The summed E-state index contributed by atoms with van der Waals surface area (Å²) in [5.41, 5.74) is 6.87. The molecule has 136 valence electrons. The summed E-state index contributed by atoms with van der Waals surface area (Å²) in [6, 6.07) is 16.0. The zero-order chi connectivity index (χ0) is 18.1. The van der Waals surface area contributed by atoms with Gasteiger partial charge in [0.2, 0.25) is 0 Å². The van der Waals surface area contributed by atoms with Crippen molar-refractivity contribution >= 4 is 10.9 Å². The predicted octanol–water partition coefficient (Wildman–Crippen LogP) is 5.08. The maximum absolute atomic E-state index is 5.25. The molecule has 0 spiro atoms. The van der Waals surface area contributed by atoms with E-state index in [1.807, 2.05) is 12.1 Å². The Morgan fingerprint density at radius 2 is 2.00 bits per heavy atom. The summed E-state index contributed by atoms with van der Waals surface area (Å²) < 4.78 is 5.25. The number of hydrogen-bond donors (Lipinski definition) is 2. The zero-order valence-electron chi connectivity index (χ0n) is 15.9. The minimum atomic E-state index is 0.416. The summed E-state index contributed by atoms with van der Waals surface area (Å²) in [6.07, 6.45) is 4.66. The van der Waals surface area contributed by atoms with E-state index in [1.165, 1.54) is 52.5 Å². The summed E-state index contributed by atoms with van der Waals surface area (Å²) in [5, 5.41) is 5.28. The van der Waals surface area contributed by atoms with Crippen LogP contribution >= 0.6 is 0 Å². The Hall–Kier alpha value is -2.26. The van der Waals surface area contributed by atoms with Gasteiger partial charge in [0.15, 0.2) is 0 Å². The van der Waals surface area contributed by atoms with Crippen LogP contribution in [-0.4, -0.2) is 18.1 Å². The van der Waals surface area contributed by atoms with Gasteiger partial charge in [0.25, 0.3) is 0 Å². The molecule has 2 atom stereocenters. The van der Waals surface area contributed by atoms with Crippen molar-refractivity contribution in [2.45, 2.75) is 51.6 Å². The quantitative estimate of drug-likeness (QED) is 0.674. The van der Waals surface area contributed by atoms with Gasteiger partial charge >= 0.3 is 0 Å². The highest BCUT2D eigenvalue weighted by atomic mass is 16.5. The number of hydrogen-bond acceptors (Lipinski definition) is 2. The largest absolute Gasteiger partial charge is 0.497 e. The first-order valence-electron chi connectivity index (χ1n) is 9.64. The van der Waals surface area contributed by atoms with Gasteiger partial charge in [-0.15, -0.1) is 0 Å². The average molecular weight is 348 g/mol. The maximum atomic E-state index is 5.25. The van der Waals surface area contributed by atoms with E-state index in [1.54, 1.807) is 7.11 Å². The van der Waals surface area contributed by atoms with Crippen molar-refractivity contribution in [2.75, 3.05) is 7.11 Å². The number of aryl methyl sites for hydroxylation is 2. The highest BCUT2D eigenvalue weighted by Gasteiger charge is 2.25. The third-order valence-electron chi connectivity index (χ3n) is 5.55. The SMILES string of the molecule is COc1ccc(CC(C)NC2CCCc3c2[nH]c2ccc(C)cc32)cc1. The number of H-pyrrole nitrogens is 1. The molecule has 0 saturated carbocycles. The highest BCUT2D eigenvalue weighted by molar-refractivity contribution is 5.85. The van der Waals surface area contributed by atoms with Gasteiger partial charge < -0.3 is 15.0 Å². The minimum Gasteiger partial charge on any atom is -0.497 e. The van der Waals surface area contributed by atoms with Gasteiger partial charge in [-0.05, 0) is 74.9 Å². The second-order valence-corrected chi connectivity index (χ2v) is 7.63. The molecule has 1 aliphatic rings. The van der Waals surface area contributed by atoms with Gasteiger partial charge in [-0.2, -0.15) is 0 Å². The first kappa shape index (κ1) is 17.2. The fraction of sp³-hybridized carbons (Fsp3) is 0.391. The molecule has 3 aromatic rings. The Kier molecular flexibility index (Phi) is 4.73. The van der Waals surface area contributed by atoms with E-state index in [9.17, 15) is 0 Å². The lowest BCUT2D eigenvalue weighted by molar-refractivity contribution is 0.401. The third-order valence-corrected chi connectivity index (χ3v) is 5.55. The molecule has 0 radical (unpaired) electrons. The number of fused-ring (bicyclic) bond motifs is 3. The van der Waals surface area contributed by atoms with Crippen molar-refractivity contribution in [3.8, 4) is 5.75 Å². The van der Waals surface area contributed by atoms with Crippen molar-refractivity contribution in [3.05, 3.63) is 64.8 Å². The standard InChI is InChI=1S/C23H28N2O/c1-15-7-12-21-20(13-15)19-5-4-6-22(23(19)25-21)24-16(2)14-17-8-10-18(26-3)11-9-17/h7-13,16,22,24-25H,4-6,14H2,1-3H3. The Labute approximate surface area is 155 Å². The molecule has 2 aromatic carbocycles. The molecule has 2 N–H and O–H groups in total. The van der Waals surface area contributed by atoms with Crippen molar-refractivity contribution < 1.29 is 4.74 Å². The fourth-order valence-corrected chi connectivity index (χ4v) is 4.26. The Morgan fingerprint density at radius 1 is 1.19 bits per heavy atom. The molecule has 3 nitrogen and oxygen atoms in total. The molecule has 3 heteroatoms. The molecule has 26 heavy (non-hydrogen) atoms. The van der Waals surface area contributed by atoms with E-state index in [4.69, 9.17) is 4.74 Å². The summed E-state index contributed by atoms with van der Waals surface area (Å²) >= 11 is 0. The zero-order valence-corrected chi connectivity index (χ0v) is 15.9. The molecular formula is C23H28N2O. The second kappa shape index (κ2) is 7.16. The Bertz CT molecular complexity index is 894. The lowest BCUT2D eigenvalue weighted by Crippen LogP contribution is -2.34. The van der Waals surface area contributed by atoms with Crippen LogP contribution in [0.3, 0.4) is 0 Å². The maximum Gasteiger partial charge on any atom is 0.118 e. The van der Waals surface area contributed by atoms with Gasteiger partial charge in [-0.25, -0.2) is 0 Å². The van der Waals surface area contributed by atoms with Crippen LogP contribution < -0.4 is 10.1 Å². The van der Waals surface area contributed by atoms with Gasteiger partial charge in [0, 0.05) is 28.7 Å². The first-order chi connectivity index (χ1) is 12.6. The van der Waals surface area contributed by atoms with E-state index in [2.05, 4.69) is 54.5 Å². The molecule has 1 aromatic heterocycles. The topological polar surface area (TPSA) is 37.0 Å². The van der Waals surface area contributed by atoms with Crippen LogP contribution in [0.5, 0.6) is 5.75 Å². The number of nitrogens with one attached hydrogen (secondary N) is 2. The van der Waals surface area contributed by atoms with Gasteiger partial charge in [-0.3, -0.25) is 0 Å². The lowest BCUT2D eigenvalue weighted by atomic mass is 9.90. The average Bonchev–Trinajstić information content (AvgIpc) is 3.01. The summed E-state index contributed by atoms with van der Waals surface area (Å²) in [4.78, 5) is 3.70. The van der Waals surface area contributed by atoms with Crippen molar-refractivity contribution in [1.29, 1.82) is 0 Å². The molecule has 1 heterocycles. The van der Waals surface area contributed by atoms with Gasteiger partial charge in [-0.1, -0.05) is 23.8 Å². The molecular weight excluding hydrogens is 320 g/mol. The summed E-state index contributed by atoms with van der Waals surface area (Å²) in [6.45, 7) is 4.46. The second-order valence-electron chi connectivity index (χ2n) is 7.63. The van der Waals surface area contributed by atoms with Crippen LogP contribution in [0.4, 0.5) is 0 Å². The minimum absolute atomic E-state index is 0.416. The summed E-state index contributed by atoms with van der Waals surface area (Å²) in [7, 11) is 1.71. The number of methoxy groups -OCH3 is 1. The van der Waals surface area contributed by atoms with E-state index >= 15 is 0 Å². The fourth-order valence-electron chi connectivity index (χ4n) is 4.26. The van der Waals surface area contributed by atoms with Gasteiger partial charge in [0.1, 0.15) is 5.75 Å². The molecule has 1 aliphatic carbocycles. The molecule has 4 rings (SSSR count). The summed E-state index contributed by atoms with van der Waals surface area (Å²) in [5.74, 6) is 0.916. The van der Waals surface area contributed by atoms with Crippen molar-refractivity contribution in [2.24, 2.45) is 0 Å². The number of ether oxygens (including phenoxy) is 1. The van der Waals surface area contributed by atoms with Crippen LogP contribution in [0.1, 0.15) is 48.2 Å². The molecule has 0 saturated heterocycles. The number of benzene rings is 2. The lowest BCUT2D eigenvalue weighted by Gasteiger charge is -2.27.